The van der Waals surface area contributed by atoms with Gasteiger partial charge in [0.05, 0.1) is 16.5 Å². The number of benzene rings is 1. The highest BCUT2D eigenvalue weighted by Crippen LogP contribution is 2.39. The SMILES string of the molecule is CNCc1cc(-c2cccnc2F)c(S(=O)(=O)c2cccc(C#N)c2)s1.Cl. The third-order valence-electron chi connectivity index (χ3n) is 3.67. The van der Waals surface area contributed by atoms with E-state index >= 15 is 0 Å². The fraction of sp³-hybridized carbons (Fsp3) is 0.111. The van der Waals surface area contributed by atoms with E-state index in [2.05, 4.69) is 10.3 Å². The molecule has 9 heteroatoms. The molecule has 2 heterocycles. The number of hydrogen-bond donors (Lipinski definition) is 1. The van der Waals surface area contributed by atoms with Gasteiger partial charge in [-0.05, 0) is 43.4 Å². The van der Waals surface area contributed by atoms with E-state index in [0.717, 1.165) is 16.2 Å². The van der Waals surface area contributed by atoms with Gasteiger partial charge >= 0.3 is 0 Å². The molecule has 0 bridgehead atoms. The maximum absolute atomic E-state index is 14.2. The molecule has 3 aromatic rings. The van der Waals surface area contributed by atoms with E-state index in [1.165, 1.54) is 36.5 Å². The Labute approximate surface area is 166 Å². The van der Waals surface area contributed by atoms with Crippen LogP contribution in [0.15, 0.2) is 57.8 Å². The molecule has 27 heavy (non-hydrogen) atoms. The van der Waals surface area contributed by atoms with Crippen LogP contribution < -0.4 is 5.32 Å². The second-order valence-corrected chi connectivity index (χ2v) is 8.71. The highest BCUT2D eigenvalue weighted by atomic mass is 35.5. The summed E-state index contributed by atoms with van der Waals surface area (Å²) in [7, 11) is -2.17. The number of nitrogens with one attached hydrogen (secondary N) is 1. The van der Waals surface area contributed by atoms with Crippen LogP contribution in [0, 0.1) is 17.3 Å². The van der Waals surface area contributed by atoms with Crippen molar-refractivity contribution in [2.24, 2.45) is 0 Å². The van der Waals surface area contributed by atoms with Crippen molar-refractivity contribution in [3.8, 4) is 17.2 Å². The van der Waals surface area contributed by atoms with Gasteiger partial charge in [0.25, 0.3) is 0 Å². The Morgan fingerprint density at radius 3 is 2.67 bits per heavy atom. The quantitative estimate of drug-likeness (QED) is 0.631. The zero-order chi connectivity index (χ0) is 18.7. The van der Waals surface area contributed by atoms with Crippen molar-refractivity contribution in [3.05, 3.63) is 65.0 Å². The Balaban J connectivity index is 0.00000261. The number of aromatic nitrogens is 1. The molecule has 0 radical (unpaired) electrons. The molecule has 5 nitrogen and oxygen atoms in total. The molecule has 0 saturated heterocycles. The van der Waals surface area contributed by atoms with E-state index < -0.39 is 15.8 Å². The van der Waals surface area contributed by atoms with Crippen molar-refractivity contribution in [2.45, 2.75) is 15.6 Å². The van der Waals surface area contributed by atoms with Gasteiger partial charge in [0.15, 0.2) is 0 Å². The number of sulfone groups is 1. The van der Waals surface area contributed by atoms with Crippen LogP contribution in [-0.4, -0.2) is 20.4 Å². The Morgan fingerprint density at radius 1 is 1.22 bits per heavy atom. The van der Waals surface area contributed by atoms with Crippen molar-refractivity contribution < 1.29 is 12.8 Å². The number of hydrogen-bond acceptors (Lipinski definition) is 6. The number of thiophene rings is 1. The normalized spacial score (nSPS) is 10.9. The lowest BCUT2D eigenvalue weighted by Crippen LogP contribution is -2.03. The van der Waals surface area contributed by atoms with Gasteiger partial charge < -0.3 is 5.32 Å². The van der Waals surface area contributed by atoms with Gasteiger partial charge in [0.2, 0.25) is 15.8 Å². The number of halogens is 2. The molecule has 140 valence electrons. The molecule has 0 amide bonds. The molecule has 3 rings (SSSR count). The summed E-state index contributed by atoms with van der Waals surface area (Å²) >= 11 is 1.08. The number of pyridine rings is 1. The minimum Gasteiger partial charge on any atom is -0.315 e. The van der Waals surface area contributed by atoms with Gasteiger partial charge in [0, 0.05) is 28.7 Å². The zero-order valence-electron chi connectivity index (χ0n) is 14.1. The summed E-state index contributed by atoms with van der Waals surface area (Å²) in [4.78, 5) is 4.37. The van der Waals surface area contributed by atoms with Gasteiger partial charge in [-0.25, -0.2) is 13.4 Å². The van der Waals surface area contributed by atoms with Gasteiger partial charge in [-0.1, -0.05) is 6.07 Å². The first-order chi connectivity index (χ1) is 12.5. The second kappa shape index (κ2) is 8.59. The molecule has 0 atom stereocenters. The van der Waals surface area contributed by atoms with Crippen molar-refractivity contribution in [1.82, 2.24) is 10.3 Å². The first-order valence-electron chi connectivity index (χ1n) is 7.61. The van der Waals surface area contributed by atoms with Crippen molar-refractivity contribution in [1.29, 1.82) is 5.26 Å². The molecule has 0 fully saturated rings. The summed E-state index contributed by atoms with van der Waals surface area (Å²) in [6, 6.07) is 12.4. The first-order valence-corrected chi connectivity index (χ1v) is 9.91. The molecule has 0 aliphatic carbocycles. The summed E-state index contributed by atoms with van der Waals surface area (Å²) in [6.45, 7) is 0.452. The fourth-order valence-corrected chi connectivity index (χ4v) is 5.67. The molecule has 0 saturated carbocycles. The Hall–Kier alpha value is -2.31. The van der Waals surface area contributed by atoms with E-state index in [0.29, 0.717) is 6.54 Å². The van der Waals surface area contributed by atoms with E-state index in [1.54, 1.807) is 19.2 Å². The lowest BCUT2D eigenvalue weighted by Gasteiger charge is -2.07. The standard InChI is InChI=1S/C18H14FN3O2S2.ClH/c1-21-11-13-9-16(15-6-3-7-22-17(15)19)18(25-13)26(23,24)14-5-2-4-12(8-14)10-20;/h2-9,21H,11H2,1H3;1H. The van der Waals surface area contributed by atoms with Crippen LogP contribution in [0.1, 0.15) is 10.4 Å². The minimum absolute atomic E-state index is 0. The average Bonchev–Trinajstić information content (AvgIpc) is 3.07. The van der Waals surface area contributed by atoms with Crippen LogP contribution in [0.25, 0.3) is 11.1 Å². The largest absolute Gasteiger partial charge is 0.315 e. The lowest BCUT2D eigenvalue weighted by atomic mass is 10.1. The Kier molecular flexibility index (Phi) is 6.68. The van der Waals surface area contributed by atoms with Crippen LogP contribution in [0.3, 0.4) is 0 Å². The van der Waals surface area contributed by atoms with E-state index in [-0.39, 0.29) is 38.2 Å². The topological polar surface area (TPSA) is 82.8 Å². The molecule has 0 aliphatic heterocycles. The molecule has 0 spiro atoms. The molecular formula is C18H15ClFN3O2S2. The molecule has 0 aliphatic rings. The van der Waals surface area contributed by atoms with Crippen molar-refractivity contribution >= 4 is 33.6 Å². The highest BCUT2D eigenvalue weighted by Gasteiger charge is 2.27. The van der Waals surface area contributed by atoms with Crippen molar-refractivity contribution in [2.75, 3.05) is 7.05 Å². The van der Waals surface area contributed by atoms with Gasteiger partial charge in [-0.3, -0.25) is 0 Å². The van der Waals surface area contributed by atoms with Crippen LogP contribution in [-0.2, 0) is 16.4 Å². The summed E-state index contributed by atoms with van der Waals surface area (Å²) < 4.78 is 40.6. The smallest absolute Gasteiger partial charge is 0.220 e. The molecule has 2 aromatic heterocycles. The zero-order valence-corrected chi connectivity index (χ0v) is 16.6. The fourth-order valence-electron chi connectivity index (χ4n) is 2.50. The minimum atomic E-state index is -3.92. The monoisotopic (exact) mass is 423 g/mol. The first kappa shape index (κ1) is 21.0. The molecule has 1 aromatic carbocycles. The lowest BCUT2D eigenvalue weighted by molar-refractivity contribution is 0.587. The van der Waals surface area contributed by atoms with Gasteiger partial charge in [0.1, 0.15) is 4.21 Å². The second-order valence-electron chi connectivity index (χ2n) is 5.43. The summed E-state index contributed by atoms with van der Waals surface area (Å²) in [5.41, 5.74) is 0.640. The predicted molar refractivity (Wildman–Crippen MR) is 104 cm³/mol. The molecular weight excluding hydrogens is 409 g/mol. The molecule has 1 N–H and O–H groups in total. The maximum Gasteiger partial charge on any atom is 0.220 e. The number of rotatable bonds is 5. The van der Waals surface area contributed by atoms with E-state index in [9.17, 15) is 12.8 Å². The van der Waals surface area contributed by atoms with Crippen LogP contribution in [0.2, 0.25) is 0 Å². The van der Waals surface area contributed by atoms with Crippen LogP contribution >= 0.6 is 23.7 Å². The van der Waals surface area contributed by atoms with E-state index in [4.69, 9.17) is 5.26 Å². The Bertz CT molecular complexity index is 1110. The summed E-state index contributed by atoms with van der Waals surface area (Å²) in [5.74, 6) is -0.733. The third kappa shape index (κ3) is 4.17. The highest BCUT2D eigenvalue weighted by molar-refractivity contribution is 7.93. The number of nitriles is 1. The predicted octanol–water partition coefficient (Wildman–Crippen LogP) is 3.79. The Morgan fingerprint density at radius 2 is 2.00 bits per heavy atom. The summed E-state index contributed by atoms with van der Waals surface area (Å²) in [6.07, 6.45) is 1.31. The van der Waals surface area contributed by atoms with Crippen molar-refractivity contribution in [3.63, 3.8) is 0 Å². The summed E-state index contributed by atoms with van der Waals surface area (Å²) in [5, 5.41) is 12.0. The van der Waals surface area contributed by atoms with E-state index in [1.807, 2.05) is 6.07 Å². The maximum atomic E-state index is 14.2. The van der Waals surface area contributed by atoms with Gasteiger partial charge in [-0.15, -0.1) is 23.7 Å². The number of nitrogens with zero attached hydrogens (tertiary/aromatic N) is 2. The average molecular weight is 424 g/mol. The third-order valence-corrected chi connectivity index (χ3v) is 7.09. The van der Waals surface area contributed by atoms with Crippen LogP contribution in [0.5, 0.6) is 0 Å². The van der Waals surface area contributed by atoms with Crippen LogP contribution in [0.4, 0.5) is 4.39 Å². The van der Waals surface area contributed by atoms with Gasteiger partial charge in [-0.2, -0.15) is 9.65 Å². The molecule has 0 unspecified atom stereocenters.